The van der Waals surface area contributed by atoms with Gasteiger partial charge in [-0.2, -0.15) is 0 Å². The van der Waals surface area contributed by atoms with Crippen LogP contribution in [0.4, 0.5) is 0 Å². The summed E-state index contributed by atoms with van der Waals surface area (Å²) in [6, 6.07) is 29.8. The summed E-state index contributed by atoms with van der Waals surface area (Å²) in [6.45, 7) is 1.56. The number of hydrogen-bond donors (Lipinski definition) is 1. The molecule has 0 aliphatic carbocycles. The zero-order valence-electron chi connectivity index (χ0n) is 18.9. The molecule has 0 fully saturated rings. The van der Waals surface area contributed by atoms with Gasteiger partial charge < -0.3 is 24.2 Å². The average molecular weight is 460 g/mol. The van der Waals surface area contributed by atoms with Crippen molar-refractivity contribution in [3.8, 4) is 0 Å². The monoisotopic (exact) mass is 459 g/mol. The highest BCUT2D eigenvalue weighted by Crippen LogP contribution is 2.26. The van der Waals surface area contributed by atoms with Gasteiger partial charge in [-0.1, -0.05) is 96.2 Å². The lowest BCUT2D eigenvalue weighted by Crippen LogP contribution is -2.48. The lowest BCUT2D eigenvalue weighted by Gasteiger charge is -2.37. The van der Waals surface area contributed by atoms with Gasteiger partial charge in [0.05, 0.1) is 38.9 Å². The molecular formula is C28H29NO5. The summed E-state index contributed by atoms with van der Waals surface area (Å²) in [7, 11) is 0. The topological polar surface area (TPSA) is 69.5 Å². The quantitative estimate of drug-likeness (QED) is 0.245. The number of nitrogens with zero attached hydrogens (tertiary/aromatic N) is 1. The van der Waals surface area contributed by atoms with E-state index in [2.05, 4.69) is 5.16 Å². The summed E-state index contributed by atoms with van der Waals surface area (Å²) < 4.78 is 24.6. The van der Waals surface area contributed by atoms with E-state index in [0.717, 1.165) is 16.7 Å². The van der Waals surface area contributed by atoms with Crippen molar-refractivity contribution in [3.05, 3.63) is 120 Å². The van der Waals surface area contributed by atoms with Crippen LogP contribution in [0.5, 0.6) is 0 Å². The molecular weight excluding hydrogens is 430 g/mol. The number of ether oxygens (including phenoxy) is 4. The van der Waals surface area contributed by atoms with Crippen LogP contribution in [-0.4, -0.2) is 36.3 Å². The Morgan fingerprint density at radius 3 is 1.82 bits per heavy atom. The Bertz CT molecular complexity index is 1040. The van der Waals surface area contributed by atoms with Gasteiger partial charge in [-0.3, -0.25) is 0 Å². The summed E-state index contributed by atoms with van der Waals surface area (Å²) in [5, 5.41) is 12.4. The van der Waals surface area contributed by atoms with Gasteiger partial charge in [0.2, 0.25) is 0 Å². The van der Waals surface area contributed by atoms with Crippen LogP contribution < -0.4 is 0 Å². The molecule has 1 N–H and O–H groups in total. The summed E-state index contributed by atoms with van der Waals surface area (Å²) in [5.41, 5.74) is 3.75. The molecule has 3 aromatic carbocycles. The molecule has 3 atom stereocenters. The predicted molar refractivity (Wildman–Crippen MR) is 129 cm³/mol. The number of hydrogen-bond acceptors (Lipinski definition) is 6. The van der Waals surface area contributed by atoms with Crippen molar-refractivity contribution in [2.75, 3.05) is 6.61 Å². The van der Waals surface area contributed by atoms with Crippen molar-refractivity contribution in [2.24, 2.45) is 5.16 Å². The molecule has 0 aromatic heterocycles. The van der Waals surface area contributed by atoms with Gasteiger partial charge in [0.1, 0.15) is 18.3 Å². The van der Waals surface area contributed by atoms with Crippen molar-refractivity contribution in [1.82, 2.24) is 0 Å². The summed E-state index contributed by atoms with van der Waals surface area (Å²) in [6.07, 6.45) is 1.52. The molecule has 1 aliphatic heterocycles. The Morgan fingerprint density at radius 1 is 0.735 bits per heavy atom. The summed E-state index contributed by atoms with van der Waals surface area (Å²) in [5.74, 6) is 0. The highest BCUT2D eigenvalue weighted by Gasteiger charge is 2.38. The highest BCUT2D eigenvalue weighted by molar-refractivity contribution is 5.79. The predicted octanol–water partition coefficient (Wildman–Crippen LogP) is 5.12. The highest BCUT2D eigenvalue weighted by atomic mass is 16.6. The average Bonchev–Trinajstić information content (AvgIpc) is 2.89. The molecule has 3 aromatic rings. The van der Waals surface area contributed by atoms with Gasteiger partial charge in [-0.15, -0.1) is 0 Å². The van der Waals surface area contributed by atoms with E-state index in [0.29, 0.717) is 32.0 Å². The maximum atomic E-state index is 9.20. The van der Waals surface area contributed by atoms with Gasteiger partial charge in [0.25, 0.3) is 0 Å². The van der Waals surface area contributed by atoms with Gasteiger partial charge in [-0.25, -0.2) is 0 Å². The first-order chi connectivity index (χ1) is 16.8. The molecule has 0 saturated carbocycles. The van der Waals surface area contributed by atoms with E-state index in [1.165, 1.54) is 6.21 Å². The van der Waals surface area contributed by atoms with Crippen molar-refractivity contribution in [3.63, 3.8) is 0 Å². The first-order valence-corrected chi connectivity index (χ1v) is 11.3. The Morgan fingerprint density at radius 2 is 1.26 bits per heavy atom. The van der Waals surface area contributed by atoms with Gasteiger partial charge in [0.15, 0.2) is 0 Å². The molecule has 0 bridgehead atoms. The van der Waals surface area contributed by atoms with E-state index < -0.39 is 18.3 Å². The molecule has 4 rings (SSSR count). The molecule has 0 radical (unpaired) electrons. The molecule has 0 spiro atoms. The van der Waals surface area contributed by atoms with Crippen molar-refractivity contribution in [2.45, 2.75) is 38.1 Å². The third kappa shape index (κ3) is 6.78. The second kappa shape index (κ2) is 12.7. The summed E-state index contributed by atoms with van der Waals surface area (Å²) >= 11 is 0. The first kappa shape index (κ1) is 23.7. The van der Waals surface area contributed by atoms with Crippen LogP contribution in [0.15, 0.2) is 108 Å². The minimum Gasteiger partial charge on any atom is -0.492 e. The van der Waals surface area contributed by atoms with Gasteiger partial charge >= 0.3 is 0 Å². The molecule has 0 unspecified atom stereocenters. The number of oxime groups is 1. The Balaban J connectivity index is 1.50. The standard InChI is InChI=1S/C28H29NO5/c30-29-16-25-20-32-26(21-31-17-22-10-4-1-5-11-22)28(34-19-24-14-8-3-9-15-24)27(25)33-18-23-12-6-2-7-13-23/h1-16,20,26-28,30H,17-19,21H2/t26-,27-,28+/m1/s1. The maximum Gasteiger partial charge on any atom is 0.150 e. The van der Waals surface area contributed by atoms with Gasteiger partial charge in [0, 0.05) is 5.57 Å². The molecule has 34 heavy (non-hydrogen) atoms. The summed E-state index contributed by atoms with van der Waals surface area (Å²) in [4.78, 5) is 0. The molecule has 176 valence electrons. The lowest BCUT2D eigenvalue weighted by molar-refractivity contribution is -0.149. The number of rotatable bonds is 11. The SMILES string of the molecule is ON=CC1=CO[C@H](COCc2ccccc2)[C@H](OCc2ccccc2)[C@@H]1OCc1ccccc1. The molecule has 0 saturated heterocycles. The van der Waals surface area contributed by atoms with Crippen LogP contribution in [-0.2, 0) is 38.8 Å². The van der Waals surface area contributed by atoms with Crippen molar-refractivity contribution >= 4 is 6.21 Å². The Hall–Kier alpha value is -3.45. The van der Waals surface area contributed by atoms with Crippen LogP contribution >= 0.6 is 0 Å². The third-order valence-corrected chi connectivity index (χ3v) is 5.53. The molecule has 6 heteroatoms. The van der Waals surface area contributed by atoms with Crippen LogP contribution in [0.1, 0.15) is 16.7 Å². The molecule has 6 nitrogen and oxygen atoms in total. The van der Waals surface area contributed by atoms with E-state index >= 15 is 0 Å². The smallest absolute Gasteiger partial charge is 0.150 e. The van der Waals surface area contributed by atoms with Crippen molar-refractivity contribution < 1.29 is 24.2 Å². The Labute approximate surface area is 200 Å². The fraction of sp³-hybridized carbons (Fsp3) is 0.250. The van der Waals surface area contributed by atoms with Crippen LogP contribution in [0.3, 0.4) is 0 Å². The molecule has 1 heterocycles. The van der Waals surface area contributed by atoms with Crippen LogP contribution in [0, 0.1) is 0 Å². The second-order valence-electron chi connectivity index (χ2n) is 8.02. The van der Waals surface area contributed by atoms with Crippen LogP contribution in [0.25, 0.3) is 0 Å². The fourth-order valence-corrected chi connectivity index (χ4v) is 3.78. The maximum absolute atomic E-state index is 9.20. The van der Waals surface area contributed by atoms with Crippen molar-refractivity contribution in [1.29, 1.82) is 0 Å². The zero-order chi connectivity index (χ0) is 23.4. The third-order valence-electron chi connectivity index (χ3n) is 5.53. The van der Waals surface area contributed by atoms with E-state index in [9.17, 15) is 5.21 Å². The number of benzene rings is 3. The van der Waals surface area contributed by atoms with E-state index in [-0.39, 0.29) is 0 Å². The fourth-order valence-electron chi connectivity index (χ4n) is 3.78. The first-order valence-electron chi connectivity index (χ1n) is 11.3. The lowest BCUT2D eigenvalue weighted by atomic mass is 9.99. The van der Waals surface area contributed by atoms with E-state index in [1.807, 2.05) is 91.0 Å². The van der Waals surface area contributed by atoms with Gasteiger partial charge in [-0.05, 0) is 16.7 Å². The largest absolute Gasteiger partial charge is 0.492 e. The van der Waals surface area contributed by atoms with Crippen LogP contribution in [0.2, 0.25) is 0 Å². The minimum absolute atomic E-state index is 0.319. The normalized spacial score (nSPS) is 20.1. The minimum atomic E-state index is -0.501. The zero-order valence-corrected chi connectivity index (χ0v) is 18.9. The second-order valence-corrected chi connectivity index (χ2v) is 8.02. The van der Waals surface area contributed by atoms with E-state index in [1.54, 1.807) is 6.26 Å². The molecule has 1 aliphatic rings. The van der Waals surface area contributed by atoms with E-state index in [4.69, 9.17) is 18.9 Å². The molecule has 0 amide bonds. The Kier molecular flexibility index (Phi) is 8.85.